The molecule has 0 nitrogen and oxygen atoms in total. The van der Waals surface area contributed by atoms with Crippen molar-refractivity contribution in [3.63, 3.8) is 0 Å². The summed E-state index contributed by atoms with van der Waals surface area (Å²) in [4.78, 5) is -0.278. The number of aryl methyl sites for hydroxylation is 3. The van der Waals surface area contributed by atoms with Crippen molar-refractivity contribution in [3.8, 4) is 0 Å². The van der Waals surface area contributed by atoms with Crippen LogP contribution in [0, 0.1) is 20.8 Å². The fraction of sp³-hybridized carbons (Fsp3) is 0.357. The zero-order valence-corrected chi connectivity index (χ0v) is 28.6. The number of rotatable bonds is 0. The van der Waals surface area contributed by atoms with E-state index in [1.807, 2.05) is 96.1 Å². The van der Waals surface area contributed by atoms with E-state index in [1.165, 1.54) is 16.7 Å². The number of hydrogen-bond donors (Lipinski definition) is 0. The normalized spacial score (nSPS) is 7.41. The molecule has 0 amide bonds. The molecule has 0 atom stereocenters. The summed E-state index contributed by atoms with van der Waals surface area (Å²) >= 11 is 7.39. The SMILES string of the molecule is C.CC.CC.CC.Cc1ccccc1.Cc1ccccc1.Cc1ccccc1.[I][V]([I])[I]. The number of benzene rings is 3. The van der Waals surface area contributed by atoms with E-state index in [9.17, 15) is 0 Å². The summed E-state index contributed by atoms with van der Waals surface area (Å²) in [5.74, 6) is 0. The van der Waals surface area contributed by atoms with Crippen LogP contribution in [0.25, 0.3) is 0 Å². The van der Waals surface area contributed by atoms with Crippen LogP contribution >= 0.6 is 59.9 Å². The Morgan fingerprint density at radius 2 is 0.531 bits per heavy atom. The molecule has 0 saturated heterocycles. The fourth-order valence-electron chi connectivity index (χ4n) is 1.60. The predicted octanol–water partition coefficient (Wildman–Crippen LogP) is 12.4. The predicted molar refractivity (Wildman–Crippen MR) is 176 cm³/mol. The van der Waals surface area contributed by atoms with Crippen LogP contribution in [0.2, 0.25) is 0 Å². The van der Waals surface area contributed by atoms with Crippen LogP contribution in [0.1, 0.15) is 65.7 Å². The van der Waals surface area contributed by atoms with Crippen LogP contribution in [-0.4, -0.2) is 0 Å². The van der Waals surface area contributed by atoms with Gasteiger partial charge >= 0.3 is 64.9 Å². The van der Waals surface area contributed by atoms with Crippen molar-refractivity contribution in [1.82, 2.24) is 0 Å². The van der Waals surface area contributed by atoms with Crippen molar-refractivity contribution < 1.29 is 4.92 Å². The second-order valence-electron chi connectivity index (χ2n) is 5.16. The minimum absolute atomic E-state index is 0. The summed E-state index contributed by atoms with van der Waals surface area (Å²) in [5, 5.41) is 0. The second kappa shape index (κ2) is 38.7. The minimum atomic E-state index is -0.278. The van der Waals surface area contributed by atoms with Crippen LogP contribution in [0.15, 0.2) is 91.0 Å². The summed E-state index contributed by atoms with van der Waals surface area (Å²) in [6.07, 6.45) is 0. The Bertz CT molecular complexity index is 539. The van der Waals surface area contributed by atoms with Gasteiger partial charge in [-0.1, -0.05) is 157 Å². The van der Waals surface area contributed by atoms with Crippen molar-refractivity contribution in [2.75, 3.05) is 0 Å². The summed E-state index contributed by atoms with van der Waals surface area (Å²) in [5.41, 5.74) is 3.97. The third-order valence-electron chi connectivity index (χ3n) is 2.82. The summed E-state index contributed by atoms with van der Waals surface area (Å²) < 4.78 is 0. The molecular weight excluding hydrogens is 768 g/mol. The first-order valence-electron chi connectivity index (χ1n) is 10.7. The Labute approximate surface area is 239 Å². The average Bonchev–Trinajstić information content (AvgIpc) is 2.80. The van der Waals surface area contributed by atoms with Gasteiger partial charge in [0.05, 0.1) is 0 Å². The van der Waals surface area contributed by atoms with E-state index < -0.39 is 0 Å². The summed E-state index contributed by atoms with van der Waals surface area (Å²) in [6, 6.07) is 30.8. The molecule has 0 bridgehead atoms. The molecule has 0 aromatic heterocycles. The third-order valence-corrected chi connectivity index (χ3v) is 2.82. The van der Waals surface area contributed by atoms with Crippen LogP contribution in [0.4, 0.5) is 0 Å². The molecule has 0 N–H and O–H groups in total. The molecule has 0 aliphatic heterocycles. The van der Waals surface area contributed by atoms with Crippen molar-refractivity contribution in [3.05, 3.63) is 108 Å². The van der Waals surface area contributed by atoms with Crippen LogP contribution in [0.5, 0.6) is 0 Å². The molecule has 0 fully saturated rings. The van der Waals surface area contributed by atoms with Gasteiger partial charge in [0.15, 0.2) is 0 Å². The topological polar surface area (TPSA) is 0 Å². The van der Waals surface area contributed by atoms with Gasteiger partial charge in [-0.15, -0.1) is 0 Å². The maximum atomic E-state index is 2.46. The van der Waals surface area contributed by atoms with Crippen LogP contribution in [0.3, 0.4) is 0 Å². The third kappa shape index (κ3) is 44.2. The fourth-order valence-corrected chi connectivity index (χ4v) is 1.60. The van der Waals surface area contributed by atoms with Crippen molar-refractivity contribution in [2.24, 2.45) is 0 Å². The molecule has 184 valence electrons. The molecular formula is C28H46I3V. The Morgan fingerprint density at radius 3 is 0.594 bits per heavy atom. The van der Waals surface area contributed by atoms with Gasteiger partial charge in [0.1, 0.15) is 0 Å². The summed E-state index contributed by atoms with van der Waals surface area (Å²) in [7, 11) is 0. The maximum absolute atomic E-state index is 2.46. The quantitative estimate of drug-likeness (QED) is 0.198. The molecule has 3 aromatic rings. The van der Waals surface area contributed by atoms with E-state index in [-0.39, 0.29) is 12.3 Å². The molecule has 3 rings (SSSR count). The molecule has 3 aromatic carbocycles. The van der Waals surface area contributed by atoms with Gasteiger partial charge in [0, 0.05) is 0 Å². The van der Waals surface area contributed by atoms with E-state index in [1.54, 1.807) is 0 Å². The van der Waals surface area contributed by atoms with E-state index >= 15 is 0 Å². The van der Waals surface area contributed by atoms with Crippen LogP contribution < -0.4 is 0 Å². The van der Waals surface area contributed by atoms with Gasteiger partial charge in [-0.05, 0) is 20.8 Å². The van der Waals surface area contributed by atoms with E-state index in [0.29, 0.717) is 0 Å². The molecule has 0 aliphatic carbocycles. The molecule has 32 heavy (non-hydrogen) atoms. The van der Waals surface area contributed by atoms with E-state index in [0.717, 1.165) is 0 Å². The van der Waals surface area contributed by atoms with Gasteiger partial charge in [-0.3, -0.25) is 0 Å². The monoisotopic (exact) mass is 814 g/mol. The Hall–Kier alpha value is 0.434. The molecule has 0 unspecified atom stereocenters. The van der Waals surface area contributed by atoms with Gasteiger partial charge in [0.25, 0.3) is 0 Å². The van der Waals surface area contributed by atoms with Crippen molar-refractivity contribution >= 4 is 59.9 Å². The number of halogens is 3. The zero-order chi connectivity index (χ0) is 24.9. The Kier molecular flexibility index (Phi) is 51.5. The molecule has 0 saturated carbocycles. The molecule has 0 radical (unpaired) electrons. The van der Waals surface area contributed by atoms with E-state index in [4.69, 9.17) is 0 Å². The van der Waals surface area contributed by atoms with Gasteiger partial charge in [-0.2, -0.15) is 0 Å². The Morgan fingerprint density at radius 1 is 0.406 bits per heavy atom. The molecule has 4 heteroatoms. The zero-order valence-electron chi connectivity index (χ0n) is 20.7. The first-order valence-corrected chi connectivity index (χ1v) is 24.3. The van der Waals surface area contributed by atoms with Gasteiger partial charge in [-0.25, -0.2) is 0 Å². The number of hydrogen-bond acceptors (Lipinski definition) is 0. The molecule has 0 heterocycles. The van der Waals surface area contributed by atoms with Gasteiger partial charge < -0.3 is 0 Å². The van der Waals surface area contributed by atoms with Crippen molar-refractivity contribution in [1.29, 1.82) is 0 Å². The van der Waals surface area contributed by atoms with Crippen molar-refractivity contribution in [2.45, 2.75) is 69.7 Å². The van der Waals surface area contributed by atoms with E-state index in [2.05, 4.69) is 117 Å². The standard InChI is InChI=1S/3C7H8.3C2H6.CH4.3HI.V/c3*1-7-5-3-2-4-6-7;3*1-2;;;;;/h3*2-6H,1H3;3*1-2H3;1H4;3*1H;/q;;;;;;;;;;+3/p-3. The first kappa shape index (κ1) is 42.6. The molecule has 0 spiro atoms. The van der Waals surface area contributed by atoms with Crippen LogP contribution in [-0.2, 0) is 4.92 Å². The summed E-state index contributed by atoms with van der Waals surface area (Å²) in [6.45, 7) is 18.2. The van der Waals surface area contributed by atoms with Gasteiger partial charge in [0.2, 0.25) is 0 Å². The Balaban J connectivity index is -0.0000000942. The molecule has 0 aliphatic rings. The average molecular weight is 814 g/mol. The first-order chi connectivity index (χ1) is 14.9. The second-order valence-corrected chi connectivity index (χ2v) is 40.5.